The van der Waals surface area contributed by atoms with Crippen LogP contribution in [0.3, 0.4) is 0 Å². The minimum atomic E-state index is -0.0560. The van der Waals surface area contributed by atoms with E-state index in [0.717, 1.165) is 9.35 Å². The number of carbonyl (C=O) groups excluding carboxylic acids is 2. The smallest absolute Gasteiger partial charge is 0.254 e. The van der Waals surface area contributed by atoms with Gasteiger partial charge in [-0.05, 0) is 39.7 Å². The maximum atomic E-state index is 12.1. The van der Waals surface area contributed by atoms with Gasteiger partial charge in [0.1, 0.15) is 0 Å². The fourth-order valence-electron chi connectivity index (χ4n) is 2.16. The van der Waals surface area contributed by atoms with Gasteiger partial charge in [-0.2, -0.15) is 0 Å². The van der Waals surface area contributed by atoms with Crippen molar-refractivity contribution < 1.29 is 9.59 Å². The lowest BCUT2D eigenvalue weighted by molar-refractivity contribution is 0.0730. The van der Waals surface area contributed by atoms with Crippen molar-refractivity contribution in [2.45, 2.75) is 6.54 Å². The van der Waals surface area contributed by atoms with E-state index in [4.69, 9.17) is 0 Å². The molecule has 1 aliphatic rings. The van der Waals surface area contributed by atoms with Crippen molar-refractivity contribution in [3.05, 3.63) is 56.2 Å². The lowest BCUT2D eigenvalue weighted by Crippen LogP contribution is -2.29. The molecule has 0 N–H and O–H groups in total. The van der Waals surface area contributed by atoms with Crippen molar-refractivity contribution >= 4 is 39.0 Å². The van der Waals surface area contributed by atoms with Gasteiger partial charge in [-0.25, -0.2) is 0 Å². The van der Waals surface area contributed by atoms with Crippen LogP contribution in [0.15, 0.2) is 40.2 Å². The zero-order valence-electron chi connectivity index (χ0n) is 9.93. The van der Waals surface area contributed by atoms with Gasteiger partial charge in [0.15, 0.2) is 5.78 Å². The van der Waals surface area contributed by atoms with Crippen LogP contribution in [-0.2, 0) is 6.54 Å². The molecule has 0 spiro atoms. The topological polar surface area (TPSA) is 37.4 Å². The molecule has 0 fully saturated rings. The monoisotopic (exact) mass is 335 g/mol. The third-order valence-corrected chi connectivity index (χ3v) is 4.74. The lowest BCUT2D eigenvalue weighted by Gasteiger charge is -2.13. The average Bonchev–Trinajstić information content (AvgIpc) is 2.96. The number of ketones is 1. The second-order valence-electron chi connectivity index (χ2n) is 4.35. The number of nitrogens with zero attached hydrogens (tertiary/aromatic N) is 1. The first kappa shape index (κ1) is 12.6. The summed E-state index contributed by atoms with van der Waals surface area (Å²) in [5.74, 6) is -0.0728. The van der Waals surface area contributed by atoms with Crippen LogP contribution in [0, 0.1) is 0 Å². The Balaban J connectivity index is 1.76. The van der Waals surface area contributed by atoms with E-state index < -0.39 is 0 Å². The normalized spacial score (nSPS) is 13.7. The second kappa shape index (κ2) is 4.90. The average molecular weight is 336 g/mol. The highest BCUT2D eigenvalue weighted by atomic mass is 79.9. The molecule has 3 nitrogen and oxygen atoms in total. The molecule has 1 aromatic heterocycles. The van der Waals surface area contributed by atoms with Crippen molar-refractivity contribution in [2.75, 3.05) is 6.54 Å². The zero-order chi connectivity index (χ0) is 13.4. The van der Waals surface area contributed by atoms with Crippen molar-refractivity contribution in [1.29, 1.82) is 0 Å². The molecule has 1 aromatic carbocycles. The Kier molecular flexibility index (Phi) is 3.24. The number of carbonyl (C=O) groups is 2. The molecule has 0 unspecified atom stereocenters. The highest BCUT2D eigenvalue weighted by Gasteiger charge is 2.28. The molecule has 96 valence electrons. The lowest BCUT2D eigenvalue weighted by atomic mass is 10.1. The molecule has 2 heterocycles. The molecule has 1 aliphatic heterocycles. The van der Waals surface area contributed by atoms with Crippen LogP contribution in [0.4, 0.5) is 0 Å². The Hall–Kier alpha value is -1.46. The summed E-state index contributed by atoms with van der Waals surface area (Å²) < 4.78 is 0.923. The van der Waals surface area contributed by atoms with E-state index in [1.165, 1.54) is 11.3 Å². The van der Waals surface area contributed by atoms with E-state index in [2.05, 4.69) is 15.9 Å². The number of halogens is 1. The van der Waals surface area contributed by atoms with Gasteiger partial charge in [-0.15, -0.1) is 11.3 Å². The van der Waals surface area contributed by atoms with E-state index in [1.54, 1.807) is 11.0 Å². The first-order valence-corrected chi connectivity index (χ1v) is 7.42. The number of rotatable bonds is 3. The van der Waals surface area contributed by atoms with Crippen molar-refractivity contribution in [3.8, 4) is 0 Å². The molecule has 1 amide bonds. The Labute approximate surface area is 123 Å². The summed E-state index contributed by atoms with van der Waals surface area (Å²) in [7, 11) is 0. The largest absolute Gasteiger partial charge is 0.327 e. The molecule has 0 atom stereocenters. The number of Topliss-reactive ketones (excluding diaryl/α,β-unsaturated/α-hetero) is 1. The summed E-state index contributed by atoms with van der Waals surface area (Å²) in [6.45, 7) is 0.660. The molecule has 0 saturated carbocycles. The summed E-state index contributed by atoms with van der Waals surface area (Å²) >= 11 is 4.73. The van der Waals surface area contributed by atoms with Crippen LogP contribution in [0.25, 0.3) is 0 Å². The van der Waals surface area contributed by atoms with E-state index in [-0.39, 0.29) is 18.2 Å². The van der Waals surface area contributed by atoms with E-state index in [0.29, 0.717) is 17.0 Å². The molecule has 0 aliphatic carbocycles. The zero-order valence-corrected chi connectivity index (χ0v) is 12.3. The second-order valence-corrected chi connectivity index (χ2v) is 6.81. The first-order chi connectivity index (χ1) is 9.15. The van der Waals surface area contributed by atoms with Crippen LogP contribution < -0.4 is 0 Å². The van der Waals surface area contributed by atoms with Crippen LogP contribution in [0.1, 0.15) is 25.6 Å². The van der Waals surface area contributed by atoms with Gasteiger partial charge in [0.05, 0.1) is 15.2 Å². The van der Waals surface area contributed by atoms with Crippen molar-refractivity contribution in [2.24, 2.45) is 0 Å². The summed E-state index contributed by atoms with van der Waals surface area (Å²) in [6.07, 6.45) is 0. The maximum absolute atomic E-state index is 12.1. The highest BCUT2D eigenvalue weighted by Crippen LogP contribution is 2.25. The summed E-state index contributed by atoms with van der Waals surface area (Å²) in [4.78, 5) is 26.5. The van der Waals surface area contributed by atoms with E-state index >= 15 is 0 Å². The van der Waals surface area contributed by atoms with Gasteiger partial charge in [0.2, 0.25) is 0 Å². The van der Waals surface area contributed by atoms with Crippen molar-refractivity contribution in [1.82, 2.24) is 4.90 Å². The minimum absolute atomic E-state index is 0.0168. The standard InChI is InChI=1S/C14H10BrNO2S/c15-13-6-5-12(19-13)11(17)8-16-7-9-3-1-2-4-10(9)14(16)18/h1-6H,7-8H2. The summed E-state index contributed by atoms with van der Waals surface area (Å²) in [6, 6.07) is 11.1. The summed E-state index contributed by atoms with van der Waals surface area (Å²) in [5, 5.41) is 0. The molecule has 0 saturated heterocycles. The predicted octanol–water partition coefficient (Wildman–Crippen LogP) is 3.35. The quantitative estimate of drug-likeness (QED) is 0.806. The van der Waals surface area contributed by atoms with Crippen LogP contribution in [-0.4, -0.2) is 23.1 Å². The predicted molar refractivity (Wildman–Crippen MR) is 77.5 cm³/mol. The molecule has 0 bridgehead atoms. The summed E-state index contributed by atoms with van der Waals surface area (Å²) in [5.41, 5.74) is 1.70. The number of hydrogen-bond acceptors (Lipinski definition) is 3. The Bertz CT molecular complexity index is 665. The van der Waals surface area contributed by atoms with Crippen LogP contribution in [0.5, 0.6) is 0 Å². The number of amides is 1. The van der Waals surface area contributed by atoms with Gasteiger partial charge >= 0.3 is 0 Å². The highest BCUT2D eigenvalue weighted by molar-refractivity contribution is 9.11. The van der Waals surface area contributed by atoms with E-state index in [1.807, 2.05) is 30.3 Å². The number of thiophene rings is 1. The number of hydrogen-bond donors (Lipinski definition) is 0. The van der Waals surface area contributed by atoms with Crippen LogP contribution in [0.2, 0.25) is 0 Å². The molecule has 5 heteroatoms. The molecule has 2 aromatic rings. The molecule has 19 heavy (non-hydrogen) atoms. The molecular weight excluding hydrogens is 326 g/mol. The van der Waals surface area contributed by atoms with Gasteiger partial charge < -0.3 is 4.90 Å². The maximum Gasteiger partial charge on any atom is 0.254 e. The van der Waals surface area contributed by atoms with Crippen LogP contribution >= 0.6 is 27.3 Å². The fraction of sp³-hybridized carbons (Fsp3) is 0.143. The van der Waals surface area contributed by atoms with Gasteiger partial charge in [-0.3, -0.25) is 9.59 Å². The Morgan fingerprint density at radius 2 is 2.05 bits per heavy atom. The fourth-order valence-corrected chi connectivity index (χ4v) is 3.47. The number of benzene rings is 1. The molecule has 0 radical (unpaired) electrons. The first-order valence-electron chi connectivity index (χ1n) is 5.81. The SMILES string of the molecule is O=C(CN1Cc2ccccc2C1=O)c1ccc(Br)s1. The Morgan fingerprint density at radius 1 is 1.26 bits per heavy atom. The van der Waals surface area contributed by atoms with Gasteiger partial charge in [0.25, 0.3) is 5.91 Å². The number of fused-ring (bicyclic) bond motifs is 1. The minimum Gasteiger partial charge on any atom is -0.327 e. The molecule has 3 rings (SSSR count). The third kappa shape index (κ3) is 2.35. The van der Waals surface area contributed by atoms with Gasteiger partial charge in [-0.1, -0.05) is 18.2 Å². The third-order valence-electron chi connectivity index (χ3n) is 3.08. The Morgan fingerprint density at radius 3 is 2.74 bits per heavy atom. The van der Waals surface area contributed by atoms with E-state index in [9.17, 15) is 9.59 Å². The van der Waals surface area contributed by atoms with Crippen molar-refractivity contribution in [3.63, 3.8) is 0 Å². The van der Waals surface area contributed by atoms with Gasteiger partial charge in [0, 0.05) is 12.1 Å². The molecular formula is C14H10BrNO2S.